The molecule has 0 saturated carbocycles. The van der Waals surface area contributed by atoms with Gasteiger partial charge in [-0.2, -0.15) is 0 Å². The quantitative estimate of drug-likeness (QED) is 0.587. The lowest BCUT2D eigenvalue weighted by Crippen LogP contribution is -2.26. The van der Waals surface area contributed by atoms with Gasteiger partial charge in [-0.1, -0.05) is 13.8 Å². The summed E-state index contributed by atoms with van der Waals surface area (Å²) in [6.45, 7) is 5.42. The van der Waals surface area contributed by atoms with Crippen molar-refractivity contribution < 1.29 is 14.3 Å². The van der Waals surface area contributed by atoms with Crippen molar-refractivity contribution in [3.05, 3.63) is 0 Å². The van der Waals surface area contributed by atoms with Crippen LogP contribution in [0.3, 0.4) is 0 Å². The molecule has 1 unspecified atom stereocenters. The lowest BCUT2D eigenvalue weighted by molar-refractivity contribution is -0.142. The molecule has 0 radical (unpaired) electrons. The van der Waals surface area contributed by atoms with Crippen LogP contribution in [0.2, 0.25) is 0 Å². The first-order valence-electron chi connectivity index (χ1n) is 4.11. The number of hydrogen-bond donors (Lipinski definition) is 0. The van der Waals surface area contributed by atoms with Gasteiger partial charge >= 0.3 is 5.97 Å². The Morgan fingerprint density at radius 1 is 1.67 bits per heavy atom. The normalized spacial score (nSPS) is 26.9. The Morgan fingerprint density at radius 3 is 2.58 bits per heavy atom. The Balaban J connectivity index is 2.65. The summed E-state index contributed by atoms with van der Waals surface area (Å²) in [7, 11) is 0. The zero-order chi connectivity index (χ0) is 9.35. The average Bonchev–Trinajstić information content (AvgIpc) is 2.04. The van der Waals surface area contributed by atoms with E-state index in [-0.39, 0.29) is 23.3 Å². The topological polar surface area (TPSA) is 43.4 Å². The third-order valence-electron chi connectivity index (χ3n) is 2.22. The van der Waals surface area contributed by atoms with Gasteiger partial charge in [0.2, 0.25) is 0 Å². The molecule has 0 bridgehead atoms. The fraction of sp³-hybridized carbons (Fsp3) is 0.778. The molecule has 1 saturated heterocycles. The fourth-order valence-corrected chi connectivity index (χ4v) is 1.42. The second-order valence-corrected chi connectivity index (χ2v) is 4.05. The zero-order valence-electron chi connectivity index (χ0n) is 7.72. The van der Waals surface area contributed by atoms with Crippen LogP contribution in [0.15, 0.2) is 0 Å². The summed E-state index contributed by atoms with van der Waals surface area (Å²) in [5, 5.41) is 0. The highest BCUT2D eigenvalue weighted by molar-refractivity contribution is 5.78. The van der Waals surface area contributed by atoms with Gasteiger partial charge in [0.05, 0.1) is 6.42 Å². The van der Waals surface area contributed by atoms with Gasteiger partial charge in [-0.3, -0.25) is 9.59 Å². The number of hydrogen-bond acceptors (Lipinski definition) is 3. The van der Waals surface area contributed by atoms with Crippen molar-refractivity contribution in [3.63, 3.8) is 0 Å². The first-order chi connectivity index (χ1) is 5.42. The van der Waals surface area contributed by atoms with Crippen LogP contribution in [0.1, 0.15) is 33.6 Å². The molecule has 0 amide bonds. The number of esters is 1. The molecule has 3 nitrogen and oxygen atoms in total. The van der Waals surface area contributed by atoms with Crippen LogP contribution in [0.25, 0.3) is 0 Å². The maximum atomic E-state index is 10.9. The van der Waals surface area contributed by atoms with E-state index in [0.717, 1.165) is 0 Å². The Labute approximate surface area is 72.1 Å². The number of ketones is 1. The SMILES string of the molecule is CC(=O)CC1OC(=O)CC1(C)C. The zero-order valence-corrected chi connectivity index (χ0v) is 7.72. The number of ether oxygens (including phenoxy) is 1. The van der Waals surface area contributed by atoms with Crippen molar-refractivity contribution in [3.8, 4) is 0 Å². The van der Waals surface area contributed by atoms with E-state index in [9.17, 15) is 9.59 Å². The summed E-state index contributed by atoms with van der Waals surface area (Å²) < 4.78 is 5.03. The van der Waals surface area contributed by atoms with Crippen molar-refractivity contribution in [1.82, 2.24) is 0 Å². The van der Waals surface area contributed by atoms with E-state index in [4.69, 9.17) is 4.74 Å². The summed E-state index contributed by atoms with van der Waals surface area (Å²) in [6, 6.07) is 0. The minimum absolute atomic E-state index is 0.0720. The van der Waals surface area contributed by atoms with Gasteiger partial charge < -0.3 is 4.74 Å². The molecular weight excluding hydrogens is 156 g/mol. The number of cyclic esters (lactones) is 1. The standard InChI is InChI=1S/C9H14O3/c1-6(10)4-7-9(2,3)5-8(11)12-7/h7H,4-5H2,1-3H3. The third kappa shape index (κ3) is 1.84. The summed E-state index contributed by atoms with van der Waals surface area (Å²) in [4.78, 5) is 21.7. The minimum Gasteiger partial charge on any atom is -0.461 e. The van der Waals surface area contributed by atoms with E-state index in [2.05, 4.69) is 0 Å². The lowest BCUT2D eigenvalue weighted by atomic mass is 9.83. The molecule has 3 heteroatoms. The van der Waals surface area contributed by atoms with Crippen molar-refractivity contribution in [2.75, 3.05) is 0 Å². The van der Waals surface area contributed by atoms with E-state index in [1.54, 1.807) is 0 Å². The molecule has 1 aliphatic rings. The molecule has 0 spiro atoms. The lowest BCUT2D eigenvalue weighted by Gasteiger charge is -2.22. The number of rotatable bonds is 2. The predicted octanol–water partition coefficient (Wildman–Crippen LogP) is 1.31. The van der Waals surface area contributed by atoms with Gasteiger partial charge in [0, 0.05) is 11.8 Å². The molecule has 0 aromatic heterocycles. The third-order valence-corrected chi connectivity index (χ3v) is 2.22. The van der Waals surface area contributed by atoms with E-state index >= 15 is 0 Å². The van der Waals surface area contributed by atoms with Crippen LogP contribution < -0.4 is 0 Å². The molecule has 1 heterocycles. The summed E-state index contributed by atoms with van der Waals surface area (Å²) in [5.41, 5.74) is -0.178. The number of Topliss-reactive ketones (excluding diaryl/α,β-unsaturated/α-hetero) is 1. The summed E-state index contributed by atoms with van der Waals surface area (Å²) in [6.07, 6.45) is 0.548. The highest BCUT2D eigenvalue weighted by Gasteiger charge is 2.41. The number of carbonyl (C=O) groups excluding carboxylic acids is 2. The Kier molecular flexibility index (Phi) is 2.22. The van der Waals surface area contributed by atoms with Crippen molar-refractivity contribution in [2.24, 2.45) is 5.41 Å². The van der Waals surface area contributed by atoms with E-state index in [1.165, 1.54) is 6.92 Å². The van der Waals surface area contributed by atoms with Gasteiger partial charge in [-0.15, -0.1) is 0 Å². The van der Waals surface area contributed by atoms with Crippen LogP contribution >= 0.6 is 0 Å². The molecule has 1 rings (SSSR count). The van der Waals surface area contributed by atoms with E-state index in [1.807, 2.05) is 13.8 Å². The first-order valence-corrected chi connectivity index (χ1v) is 4.11. The van der Waals surface area contributed by atoms with Gasteiger partial charge in [-0.25, -0.2) is 0 Å². The van der Waals surface area contributed by atoms with E-state index in [0.29, 0.717) is 12.8 Å². The molecule has 0 aromatic carbocycles. The van der Waals surface area contributed by atoms with Gasteiger partial charge in [0.25, 0.3) is 0 Å². The average molecular weight is 170 g/mol. The van der Waals surface area contributed by atoms with Crippen molar-refractivity contribution in [1.29, 1.82) is 0 Å². The largest absolute Gasteiger partial charge is 0.461 e. The van der Waals surface area contributed by atoms with Gasteiger partial charge in [0.1, 0.15) is 11.9 Å². The highest BCUT2D eigenvalue weighted by atomic mass is 16.6. The van der Waals surface area contributed by atoms with Crippen molar-refractivity contribution in [2.45, 2.75) is 39.7 Å². The molecule has 1 atom stereocenters. The number of carbonyl (C=O) groups is 2. The summed E-state index contributed by atoms with van der Waals surface area (Å²) >= 11 is 0. The molecular formula is C9H14O3. The summed E-state index contributed by atoms with van der Waals surface area (Å²) in [5.74, 6) is -0.117. The van der Waals surface area contributed by atoms with Crippen LogP contribution in [0, 0.1) is 5.41 Å². The fourth-order valence-electron chi connectivity index (χ4n) is 1.42. The Bertz CT molecular complexity index is 218. The first kappa shape index (κ1) is 9.23. The maximum absolute atomic E-state index is 10.9. The molecule has 1 fully saturated rings. The second kappa shape index (κ2) is 2.88. The Hall–Kier alpha value is -0.860. The Morgan fingerprint density at radius 2 is 2.25 bits per heavy atom. The minimum atomic E-state index is -0.220. The van der Waals surface area contributed by atoms with Crippen LogP contribution in [-0.2, 0) is 14.3 Å². The molecule has 0 N–H and O–H groups in total. The second-order valence-electron chi connectivity index (χ2n) is 4.05. The van der Waals surface area contributed by atoms with Crippen LogP contribution in [-0.4, -0.2) is 17.9 Å². The molecule has 68 valence electrons. The van der Waals surface area contributed by atoms with Crippen LogP contribution in [0.5, 0.6) is 0 Å². The van der Waals surface area contributed by atoms with Gasteiger partial charge in [-0.05, 0) is 6.92 Å². The molecule has 0 aliphatic carbocycles. The predicted molar refractivity (Wildman–Crippen MR) is 43.6 cm³/mol. The van der Waals surface area contributed by atoms with Gasteiger partial charge in [0.15, 0.2) is 0 Å². The maximum Gasteiger partial charge on any atom is 0.306 e. The van der Waals surface area contributed by atoms with E-state index < -0.39 is 0 Å². The molecule has 1 aliphatic heterocycles. The van der Waals surface area contributed by atoms with Crippen molar-refractivity contribution >= 4 is 11.8 Å². The monoisotopic (exact) mass is 170 g/mol. The molecule has 0 aromatic rings. The smallest absolute Gasteiger partial charge is 0.306 e. The van der Waals surface area contributed by atoms with Crippen LogP contribution in [0.4, 0.5) is 0 Å². The highest BCUT2D eigenvalue weighted by Crippen LogP contribution is 2.36. The molecule has 12 heavy (non-hydrogen) atoms.